The second-order valence-electron chi connectivity index (χ2n) is 9.60. The molecule has 0 radical (unpaired) electrons. The number of hydrogen-bond donors (Lipinski definition) is 0. The quantitative estimate of drug-likeness (QED) is 0.406. The van der Waals surface area contributed by atoms with Crippen molar-refractivity contribution in [1.82, 2.24) is 9.80 Å². The number of rotatable bonds is 7. The van der Waals surface area contributed by atoms with Crippen molar-refractivity contribution in [3.63, 3.8) is 0 Å². The van der Waals surface area contributed by atoms with E-state index >= 15 is 0 Å². The minimum Gasteiger partial charge on any atom is -0.493 e. The molecule has 0 N–H and O–H groups in total. The molecule has 5 heteroatoms. The summed E-state index contributed by atoms with van der Waals surface area (Å²) in [5, 5.41) is 1.24. The van der Waals surface area contributed by atoms with Crippen molar-refractivity contribution in [2.24, 2.45) is 0 Å². The highest BCUT2D eigenvalue weighted by atomic mass is 35.5. The first-order valence-electron chi connectivity index (χ1n) is 12.4. The first-order chi connectivity index (χ1) is 15.7. The molecule has 3 nitrogen and oxygen atoms in total. The van der Waals surface area contributed by atoms with Crippen LogP contribution < -0.4 is 4.74 Å². The lowest BCUT2D eigenvalue weighted by molar-refractivity contribution is 0.211. The number of nitrogens with zero attached hydrogens (tertiary/aromatic N) is 2. The monoisotopic (exact) mass is 472 g/mol. The molecule has 0 bridgehead atoms. The van der Waals surface area contributed by atoms with Gasteiger partial charge in [0, 0.05) is 24.1 Å². The molecule has 0 aromatic heterocycles. The standard InChI is InChI=1S/C27H34Cl2N2O/c28-23-12-11-20(18-24(23)29)22-19-31-16-7-9-25(31)21-8-6-10-26(27(21)22)32-17-5-4-15-30-13-2-1-3-14-30/h6,8,10-12,18,22,25H,1-5,7,9,13-17,19H2/t22-,25+/m1/s1. The van der Waals surface area contributed by atoms with Gasteiger partial charge in [0.25, 0.3) is 0 Å². The van der Waals surface area contributed by atoms with Crippen molar-refractivity contribution in [1.29, 1.82) is 0 Å². The van der Waals surface area contributed by atoms with Crippen LogP contribution in [0.4, 0.5) is 0 Å². The molecule has 0 unspecified atom stereocenters. The molecule has 0 spiro atoms. The van der Waals surface area contributed by atoms with Gasteiger partial charge in [-0.2, -0.15) is 0 Å². The molecule has 0 saturated carbocycles. The smallest absolute Gasteiger partial charge is 0.123 e. The van der Waals surface area contributed by atoms with E-state index in [2.05, 4.69) is 34.1 Å². The van der Waals surface area contributed by atoms with Crippen LogP contribution in [0, 0.1) is 0 Å². The fraction of sp³-hybridized carbons (Fsp3) is 0.556. The number of halogens is 2. The van der Waals surface area contributed by atoms with Crippen LogP contribution in [0.15, 0.2) is 36.4 Å². The van der Waals surface area contributed by atoms with Crippen molar-refractivity contribution >= 4 is 23.2 Å². The Morgan fingerprint density at radius 1 is 0.906 bits per heavy atom. The number of fused-ring (bicyclic) bond motifs is 3. The van der Waals surface area contributed by atoms with Crippen molar-refractivity contribution in [2.45, 2.75) is 56.9 Å². The zero-order valence-electron chi connectivity index (χ0n) is 18.9. The van der Waals surface area contributed by atoms with Crippen LogP contribution in [0.25, 0.3) is 0 Å². The number of piperidine rings is 1. The molecule has 2 saturated heterocycles. The lowest BCUT2D eigenvalue weighted by Crippen LogP contribution is -2.35. The van der Waals surface area contributed by atoms with E-state index < -0.39 is 0 Å². The second-order valence-corrected chi connectivity index (χ2v) is 10.4. The van der Waals surface area contributed by atoms with Crippen LogP contribution in [0.1, 0.15) is 73.6 Å². The zero-order valence-corrected chi connectivity index (χ0v) is 20.4. The van der Waals surface area contributed by atoms with Gasteiger partial charge in [0.2, 0.25) is 0 Å². The van der Waals surface area contributed by atoms with Crippen molar-refractivity contribution in [2.75, 3.05) is 39.3 Å². The van der Waals surface area contributed by atoms with E-state index in [9.17, 15) is 0 Å². The summed E-state index contributed by atoms with van der Waals surface area (Å²) in [6.07, 6.45) is 8.94. The van der Waals surface area contributed by atoms with Crippen molar-refractivity contribution < 1.29 is 4.74 Å². The Kier molecular flexibility index (Phi) is 7.28. The summed E-state index contributed by atoms with van der Waals surface area (Å²) in [6, 6.07) is 13.3. The summed E-state index contributed by atoms with van der Waals surface area (Å²) in [4.78, 5) is 5.25. The predicted molar refractivity (Wildman–Crippen MR) is 133 cm³/mol. The number of benzene rings is 2. The molecule has 3 heterocycles. The maximum Gasteiger partial charge on any atom is 0.123 e. The molecule has 172 valence electrons. The van der Waals surface area contributed by atoms with Crippen LogP contribution in [-0.4, -0.2) is 49.1 Å². The van der Waals surface area contributed by atoms with Gasteiger partial charge < -0.3 is 9.64 Å². The van der Waals surface area contributed by atoms with Gasteiger partial charge >= 0.3 is 0 Å². The third kappa shape index (κ3) is 4.82. The molecule has 2 atom stereocenters. The highest BCUT2D eigenvalue weighted by molar-refractivity contribution is 6.42. The Labute approximate surface area is 202 Å². The van der Waals surface area contributed by atoms with E-state index in [-0.39, 0.29) is 5.92 Å². The Hall–Kier alpha value is -1.26. The first kappa shape index (κ1) is 22.5. The Morgan fingerprint density at radius 3 is 2.62 bits per heavy atom. The van der Waals surface area contributed by atoms with E-state index in [0.717, 1.165) is 25.3 Å². The maximum absolute atomic E-state index is 6.45. The Balaban J connectivity index is 1.33. The van der Waals surface area contributed by atoms with Gasteiger partial charge in [0.05, 0.1) is 16.7 Å². The molecule has 3 aliphatic heterocycles. The molecule has 5 rings (SSSR count). The van der Waals surface area contributed by atoms with E-state index in [1.54, 1.807) is 0 Å². The SMILES string of the molecule is Clc1ccc([C@H]2CN3CCC[C@H]3c3cccc(OCCCCN4CCCCC4)c32)cc1Cl. The number of unbranched alkanes of at least 4 members (excludes halogenated alkanes) is 1. The summed E-state index contributed by atoms with van der Waals surface area (Å²) >= 11 is 12.6. The van der Waals surface area contributed by atoms with Crippen molar-refractivity contribution in [3.8, 4) is 5.75 Å². The lowest BCUT2D eigenvalue weighted by Gasteiger charge is -2.38. The number of hydrogen-bond acceptors (Lipinski definition) is 3. The summed E-state index contributed by atoms with van der Waals surface area (Å²) in [5.74, 6) is 1.32. The summed E-state index contributed by atoms with van der Waals surface area (Å²) in [6.45, 7) is 6.73. The van der Waals surface area contributed by atoms with Crippen LogP contribution in [-0.2, 0) is 0 Å². The van der Waals surface area contributed by atoms with E-state index in [1.165, 1.54) is 81.4 Å². The Morgan fingerprint density at radius 2 is 1.78 bits per heavy atom. The third-order valence-electron chi connectivity index (χ3n) is 7.51. The second kappa shape index (κ2) is 10.3. The van der Waals surface area contributed by atoms with Gasteiger partial charge in [-0.1, -0.05) is 47.8 Å². The van der Waals surface area contributed by atoms with E-state index in [0.29, 0.717) is 16.1 Å². The summed E-state index contributed by atoms with van der Waals surface area (Å²) in [7, 11) is 0. The summed E-state index contributed by atoms with van der Waals surface area (Å²) < 4.78 is 6.45. The minimum absolute atomic E-state index is 0.263. The Bertz CT molecular complexity index is 928. The lowest BCUT2D eigenvalue weighted by atomic mass is 9.81. The first-order valence-corrected chi connectivity index (χ1v) is 13.1. The fourth-order valence-corrected chi connectivity index (χ4v) is 6.18. The summed E-state index contributed by atoms with van der Waals surface area (Å²) in [5.41, 5.74) is 4.04. The van der Waals surface area contributed by atoms with Crippen molar-refractivity contribution in [3.05, 3.63) is 63.1 Å². The molecule has 2 fully saturated rings. The van der Waals surface area contributed by atoms with Gasteiger partial charge in [-0.3, -0.25) is 4.90 Å². The van der Waals surface area contributed by atoms with Crippen LogP contribution in [0.3, 0.4) is 0 Å². The van der Waals surface area contributed by atoms with Gasteiger partial charge in [-0.15, -0.1) is 0 Å². The average Bonchev–Trinajstić information content (AvgIpc) is 3.30. The molecule has 2 aromatic rings. The largest absolute Gasteiger partial charge is 0.493 e. The number of ether oxygens (including phenoxy) is 1. The molecular weight excluding hydrogens is 439 g/mol. The van der Waals surface area contributed by atoms with Gasteiger partial charge in [-0.25, -0.2) is 0 Å². The minimum atomic E-state index is 0.263. The highest BCUT2D eigenvalue weighted by Gasteiger charge is 2.38. The number of likely N-dealkylation sites (tertiary alicyclic amines) is 1. The normalized spacial score (nSPS) is 23.7. The molecule has 3 aliphatic rings. The molecule has 32 heavy (non-hydrogen) atoms. The third-order valence-corrected chi connectivity index (χ3v) is 8.25. The van der Waals surface area contributed by atoms with E-state index in [1.807, 2.05) is 12.1 Å². The van der Waals surface area contributed by atoms with Gasteiger partial charge in [-0.05, 0) is 94.0 Å². The van der Waals surface area contributed by atoms with Crippen LogP contribution >= 0.6 is 23.2 Å². The predicted octanol–water partition coefficient (Wildman–Crippen LogP) is 6.92. The van der Waals surface area contributed by atoms with Crippen LogP contribution in [0.2, 0.25) is 10.0 Å². The molecule has 0 amide bonds. The molecule has 0 aliphatic carbocycles. The average molecular weight is 473 g/mol. The molecular formula is C27H34Cl2N2O. The van der Waals surface area contributed by atoms with Gasteiger partial charge in [0.15, 0.2) is 0 Å². The topological polar surface area (TPSA) is 15.7 Å². The molecule has 2 aromatic carbocycles. The van der Waals surface area contributed by atoms with Gasteiger partial charge in [0.1, 0.15) is 5.75 Å². The maximum atomic E-state index is 6.45. The zero-order chi connectivity index (χ0) is 21.9. The van der Waals surface area contributed by atoms with E-state index in [4.69, 9.17) is 27.9 Å². The van der Waals surface area contributed by atoms with Crippen LogP contribution in [0.5, 0.6) is 5.75 Å². The highest BCUT2D eigenvalue weighted by Crippen LogP contribution is 2.48. The fourth-order valence-electron chi connectivity index (χ4n) is 5.88.